The van der Waals surface area contributed by atoms with Crippen molar-refractivity contribution < 1.29 is 9.53 Å². The molecule has 0 aliphatic carbocycles. The van der Waals surface area contributed by atoms with Crippen molar-refractivity contribution in [3.63, 3.8) is 0 Å². The maximum absolute atomic E-state index is 11.7. The highest BCUT2D eigenvalue weighted by molar-refractivity contribution is 7.18. The number of esters is 1. The predicted octanol–water partition coefficient (Wildman–Crippen LogP) is 1.26. The molecule has 2 heterocycles. The van der Waals surface area contributed by atoms with Gasteiger partial charge in [0.15, 0.2) is 0 Å². The summed E-state index contributed by atoms with van der Waals surface area (Å²) in [6.45, 7) is 6.18. The molecule has 18 heavy (non-hydrogen) atoms. The maximum atomic E-state index is 11.7. The zero-order valence-corrected chi connectivity index (χ0v) is 11.6. The molecule has 0 atom stereocenters. The molecule has 0 radical (unpaired) electrons. The lowest BCUT2D eigenvalue weighted by molar-refractivity contribution is 0.0533. The van der Waals surface area contributed by atoms with Gasteiger partial charge in [-0.1, -0.05) is 0 Å². The minimum absolute atomic E-state index is 0.319. The van der Waals surface area contributed by atoms with Gasteiger partial charge in [0.05, 0.1) is 17.3 Å². The second kappa shape index (κ2) is 5.58. The number of rotatable bonds is 3. The molecule has 1 aromatic rings. The summed E-state index contributed by atoms with van der Waals surface area (Å²) in [5.41, 5.74) is 6.40. The van der Waals surface area contributed by atoms with Gasteiger partial charge in [-0.05, 0) is 20.0 Å². The molecule has 1 aromatic heterocycles. The van der Waals surface area contributed by atoms with Gasteiger partial charge in [0, 0.05) is 26.2 Å². The highest BCUT2D eigenvalue weighted by Crippen LogP contribution is 2.33. The number of thiophene rings is 1. The quantitative estimate of drug-likeness (QED) is 0.837. The van der Waals surface area contributed by atoms with Crippen LogP contribution in [0.5, 0.6) is 0 Å². The van der Waals surface area contributed by atoms with E-state index < -0.39 is 0 Å². The van der Waals surface area contributed by atoms with Gasteiger partial charge < -0.3 is 20.3 Å². The predicted molar refractivity (Wildman–Crippen MR) is 74.4 cm³/mol. The molecule has 5 nitrogen and oxygen atoms in total. The number of nitrogen functional groups attached to an aromatic ring is 1. The highest BCUT2D eigenvalue weighted by atomic mass is 32.1. The van der Waals surface area contributed by atoms with Gasteiger partial charge in [-0.2, -0.15) is 0 Å². The lowest BCUT2D eigenvalue weighted by atomic mass is 10.3. The number of hydrogen-bond acceptors (Lipinski definition) is 6. The zero-order chi connectivity index (χ0) is 13.1. The van der Waals surface area contributed by atoms with E-state index in [1.54, 1.807) is 6.92 Å². The van der Waals surface area contributed by atoms with Crippen molar-refractivity contribution in [2.75, 3.05) is 50.5 Å². The van der Waals surface area contributed by atoms with Gasteiger partial charge in [-0.15, -0.1) is 11.3 Å². The molecular formula is C12H19N3O2S. The molecule has 0 amide bonds. The first kappa shape index (κ1) is 13.2. The van der Waals surface area contributed by atoms with Gasteiger partial charge in [-0.3, -0.25) is 0 Å². The van der Waals surface area contributed by atoms with E-state index in [1.165, 1.54) is 11.3 Å². The molecule has 1 aliphatic rings. The molecule has 2 rings (SSSR count). The molecule has 0 saturated carbocycles. The van der Waals surface area contributed by atoms with E-state index >= 15 is 0 Å². The molecule has 100 valence electrons. The fourth-order valence-electron chi connectivity index (χ4n) is 1.93. The molecule has 0 aromatic carbocycles. The molecule has 6 heteroatoms. The Morgan fingerprint density at radius 3 is 2.72 bits per heavy atom. The van der Waals surface area contributed by atoms with E-state index in [0.29, 0.717) is 17.2 Å². The maximum Gasteiger partial charge on any atom is 0.350 e. The lowest BCUT2D eigenvalue weighted by Gasteiger charge is -2.32. The van der Waals surface area contributed by atoms with E-state index in [9.17, 15) is 4.79 Å². The van der Waals surface area contributed by atoms with Crippen molar-refractivity contribution in [1.29, 1.82) is 0 Å². The van der Waals surface area contributed by atoms with Crippen LogP contribution in [-0.4, -0.2) is 50.7 Å². The SMILES string of the molecule is CCOC(=O)c1sc(N2CCN(C)CC2)cc1N. The highest BCUT2D eigenvalue weighted by Gasteiger charge is 2.20. The molecule has 1 saturated heterocycles. The molecular weight excluding hydrogens is 250 g/mol. The van der Waals surface area contributed by atoms with Crippen molar-refractivity contribution >= 4 is 28.0 Å². The average Bonchev–Trinajstić information content (AvgIpc) is 2.72. The summed E-state index contributed by atoms with van der Waals surface area (Å²) in [4.78, 5) is 16.8. The Bertz CT molecular complexity index is 425. The third-order valence-electron chi connectivity index (χ3n) is 3.02. The van der Waals surface area contributed by atoms with E-state index in [0.717, 1.165) is 31.2 Å². The minimum Gasteiger partial charge on any atom is -0.462 e. The Morgan fingerprint density at radius 2 is 2.11 bits per heavy atom. The van der Waals surface area contributed by atoms with Gasteiger partial charge in [0.2, 0.25) is 0 Å². The zero-order valence-electron chi connectivity index (χ0n) is 10.8. The van der Waals surface area contributed by atoms with E-state index in [4.69, 9.17) is 10.5 Å². The number of nitrogens with zero attached hydrogens (tertiary/aromatic N) is 2. The second-order valence-corrected chi connectivity index (χ2v) is 5.41. The van der Waals surface area contributed by atoms with Crippen LogP contribution < -0.4 is 10.6 Å². The molecule has 1 aliphatic heterocycles. The van der Waals surface area contributed by atoms with Crippen LogP contribution in [0, 0.1) is 0 Å². The lowest BCUT2D eigenvalue weighted by Crippen LogP contribution is -2.44. The number of nitrogens with two attached hydrogens (primary N) is 1. The molecule has 2 N–H and O–H groups in total. The Labute approximate surface area is 111 Å². The topological polar surface area (TPSA) is 58.8 Å². The number of likely N-dealkylation sites (N-methyl/N-ethyl adjacent to an activating group) is 1. The van der Waals surface area contributed by atoms with Crippen LogP contribution in [0.2, 0.25) is 0 Å². The number of carbonyl (C=O) groups is 1. The first-order chi connectivity index (χ1) is 8.61. The van der Waals surface area contributed by atoms with Crippen LogP contribution in [-0.2, 0) is 4.74 Å². The minimum atomic E-state index is -0.319. The number of ether oxygens (including phenoxy) is 1. The fraction of sp³-hybridized carbons (Fsp3) is 0.583. The normalized spacial score (nSPS) is 16.9. The third-order valence-corrected chi connectivity index (χ3v) is 4.22. The van der Waals surface area contributed by atoms with Crippen molar-refractivity contribution in [3.05, 3.63) is 10.9 Å². The van der Waals surface area contributed by atoms with Crippen molar-refractivity contribution in [3.8, 4) is 0 Å². The van der Waals surface area contributed by atoms with Gasteiger partial charge >= 0.3 is 5.97 Å². The van der Waals surface area contributed by atoms with Crippen LogP contribution in [0.4, 0.5) is 10.7 Å². The fourth-order valence-corrected chi connectivity index (χ4v) is 2.96. The molecule has 1 fully saturated rings. The van der Waals surface area contributed by atoms with Crippen LogP contribution in [0.3, 0.4) is 0 Å². The van der Waals surface area contributed by atoms with Crippen LogP contribution in [0.15, 0.2) is 6.07 Å². The summed E-state index contributed by atoms with van der Waals surface area (Å²) in [5.74, 6) is -0.319. The average molecular weight is 269 g/mol. The number of piperazine rings is 1. The number of anilines is 2. The second-order valence-electron chi connectivity index (χ2n) is 4.38. The van der Waals surface area contributed by atoms with Crippen molar-refractivity contribution in [1.82, 2.24) is 4.90 Å². The third kappa shape index (κ3) is 2.76. The van der Waals surface area contributed by atoms with E-state index in [-0.39, 0.29) is 5.97 Å². The Balaban J connectivity index is 2.11. The van der Waals surface area contributed by atoms with Crippen molar-refractivity contribution in [2.24, 2.45) is 0 Å². The largest absolute Gasteiger partial charge is 0.462 e. The summed E-state index contributed by atoms with van der Waals surface area (Å²) < 4.78 is 4.99. The Kier molecular flexibility index (Phi) is 4.08. The summed E-state index contributed by atoms with van der Waals surface area (Å²) in [6, 6.07) is 1.88. The molecule has 0 unspecified atom stereocenters. The standard InChI is InChI=1S/C12H19N3O2S/c1-3-17-12(16)11-9(13)8-10(18-11)15-6-4-14(2)5-7-15/h8H,3-7,13H2,1-2H3. The summed E-state index contributed by atoms with van der Waals surface area (Å²) >= 11 is 1.42. The number of hydrogen-bond donors (Lipinski definition) is 1. The summed E-state index contributed by atoms with van der Waals surface area (Å²) in [7, 11) is 2.12. The van der Waals surface area contributed by atoms with Gasteiger partial charge in [-0.25, -0.2) is 4.79 Å². The molecule has 0 bridgehead atoms. The number of carbonyl (C=O) groups excluding carboxylic acids is 1. The first-order valence-electron chi connectivity index (χ1n) is 6.11. The Hall–Kier alpha value is -1.27. The van der Waals surface area contributed by atoms with Crippen LogP contribution >= 0.6 is 11.3 Å². The van der Waals surface area contributed by atoms with Gasteiger partial charge in [0.1, 0.15) is 4.88 Å². The smallest absolute Gasteiger partial charge is 0.350 e. The van der Waals surface area contributed by atoms with Crippen LogP contribution in [0.25, 0.3) is 0 Å². The van der Waals surface area contributed by atoms with Gasteiger partial charge in [0.25, 0.3) is 0 Å². The Morgan fingerprint density at radius 1 is 1.44 bits per heavy atom. The van der Waals surface area contributed by atoms with Crippen LogP contribution in [0.1, 0.15) is 16.6 Å². The monoisotopic (exact) mass is 269 g/mol. The van der Waals surface area contributed by atoms with E-state index in [1.807, 2.05) is 6.07 Å². The summed E-state index contributed by atoms with van der Waals surface area (Å²) in [5, 5.41) is 1.06. The van der Waals surface area contributed by atoms with Crippen molar-refractivity contribution in [2.45, 2.75) is 6.92 Å². The van der Waals surface area contributed by atoms with E-state index in [2.05, 4.69) is 16.8 Å². The first-order valence-corrected chi connectivity index (χ1v) is 6.93. The molecule has 0 spiro atoms. The summed E-state index contributed by atoms with van der Waals surface area (Å²) in [6.07, 6.45) is 0.